The largest absolute Gasteiger partial charge is 0.381 e. The van der Waals surface area contributed by atoms with Gasteiger partial charge in [-0.1, -0.05) is 66.3 Å². The Hall–Kier alpha value is -2.28. The molecule has 1 aliphatic rings. The number of benzene rings is 2. The Morgan fingerprint density at radius 2 is 1.55 bits per heavy atom. The molecule has 0 bridgehead atoms. The van der Waals surface area contributed by atoms with E-state index in [1.165, 1.54) is 33.5 Å². The van der Waals surface area contributed by atoms with E-state index in [1.54, 1.807) is 0 Å². The van der Waals surface area contributed by atoms with E-state index in [4.69, 9.17) is 0 Å². The van der Waals surface area contributed by atoms with Crippen molar-refractivity contribution < 1.29 is 0 Å². The molecule has 3 rings (SSSR count). The van der Waals surface area contributed by atoms with Crippen molar-refractivity contribution in [2.45, 2.75) is 33.2 Å². The van der Waals surface area contributed by atoms with Crippen LogP contribution in [0.2, 0.25) is 0 Å². The van der Waals surface area contributed by atoms with Crippen LogP contribution < -0.4 is 5.32 Å². The van der Waals surface area contributed by atoms with E-state index in [1.807, 2.05) is 0 Å². The van der Waals surface area contributed by atoms with Gasteiger partial charge < -0.3 is 5.32 Å². The molecule has 1 aliphatic carbocycles. The summed E-state index contributed by atoms with van der Waals surface area (Å²) in [4.78, 5) is 0. The molecular weight excluding hydrogens is 266 g/mol. The molecule has 2 aromatic carbocycles. The van der Waals surface area contributed by atoms with Crippen molar-refractivity contribution in [2.75, 3.05) is 5.32 Å². The van der Waals surface area contributed by atoms with Crippen LogP contribution in [0.4, 0.5) is 5.69 Å². The number of hydrogen-bond donors (Lipinski definition) is 1. The molecule has 1 N–H and O–H groups in total. The molecule has 0 saturated carbocycles. The van der Waals surface area contributed by atoms with Gasteiger partial charge in [0.25, 0.3) is 0 Å². The SMILES string of the molecule is Cc1cc(C)c(NCc2ccccc2C2C=CC=C2)c(C)c1. The van der Waals surface area contributed by atoms with Crippen molar-refractivity contribution in [3.63, 3.8) is 0 Å². The van der Waals surface area contributed by atoms with Crippen LogP contribution in [-0.4, -0.2) is 0 Å². The Kier molecular flexibility index (Phi) is 4.15. The lowest BCUT2D eigenvalue weighted by molar-refractivity contribution is 1.02. The number of aryl methyl sites for hydroxylation is 3. The van der Waals surface area contributed by atoms with Crippen LogP contribution in [0.3, 0.4) is 0 Å². The van der Waals surface area contributed by atoms with Gasteiger partial charge in [-0.05, 0) is 43.0 Å². The Bertz CT molecular complexity index is 702. The van der Waals surface area contributed by atoms with Gasteiger partial charge in [-0.2, -0.15) is 0 Å². The predicted molar refractivity (Wildman–Crippen MR) is 95.4 cm³/mol. The molecule has 0 fully saturated rings. The third kappa shape index (κ3) is 2.99. The van der Waals surface area contributed by atoms with Crippen LogP contribution in [0.25, 0.3) is 0 Å². The summed E-state index contributed by atoms with van der Waals surface area (Å²) in [5, 5.41) is 3.64. The predicted octanol–water partition coefficient (Wildman–Crippen LogP) is 5.43. The van der Waals surface area contributed by atoms with Gasteiger partial charge in [-0.25, -0.2) is 0 Å². The number of hydrogen-bond acceptors (Lipinski definition) is 1. The lowest BCUT2D eigenvalue weighted by Crippen LogP contribution is -2.06. The van der Waals surface area contributed by atoms with Gasteiger partial charge in [-0.15, -0.1) is 0 Å². The molecule has 112 valence electrons. The highest BCUT2D eigenvalue weighted by Crippen LogP contribution is 2.28. The van der Waals surface area contributed by atoms with E-state index in [0.717, 1.165) is 6.54 Å². The molecule has 0 heterocycles. The Balaban J connectivity index is 1.83. The maximum atomic E-state index is 3.64. The van der Waals surface area contributed by atoms with Gasteiger partial charge in [0, 0.05) is 18.2 Å². The summed E-state index contributed by atoms with van der Waals surface area (Å²) >= 11 is 0. The monoisotopic (exact) mass is 289 g/mol. The molecule has 1 nitrogen and oxygen atoms in total. The average Bonchev–Trinajstić information content (AvgIpc) is 3.00. The van der Waals surface area contributed by atoms with Gasteiger partial charge >= 0.3 is 0 Å². The molecule has 0 radical (unpaired) electrons. The Morgan fingerprint density at radius 3 is 2.23 bits per heavy atom. The minimum absolute atomic E-state index is 0.415. The second-order valence-corrected chi connectivity index (χ2v) is 6.12. The first-order chi connectivity index (χ1) is 10.6. The van der Waals surface area contributed by atoms with Crippen LogP contribution in [0, 0.1) is 20.8 Å². The third-order valence-corrected chi connectivity index (χ3v) is 4.29. The lowest BCUT2D eigenvalue weighted by Gasteiger charge is -2.17. The fourth-order valence-corrected chi connectivity index (χ4v) is 3.30. The summed E-state index contributed by atoms with van der Waals surface area (Å²) in [5.74, 6) is 0.415. The molecule has 0 saturated heterocycles. The first-order valence-corrected chi connectivity index (χ1v) is 7.89. The van der Waals surface area contributed by atoms with Crippen molar-refractivity contribution in [3.8, 4) is 0 Å². The van der Waals surface area contributed by atoms with E-state index < -0.39 is 0 Å². The molecule has 0 aliphatic heterocycles. The molecule has 0 unspecified atom stereocenters. The fraction of sp³-hybridized carbons (Fsp3) is 0.238. The summed E-state index contributed by atoms with van der Waals surface area (Å²) in [6.45, 7) is 7.37. The zero-order valence-electron chi connectivity index (χ0n) is 13.6. The smallest absolute Gasteiger partial charge is 0.0404 e. The van der Waals surface area contributed by atoms with Crippen molar-refractivity contribution in [2.24, 2.45) is 0 Å². The van der Waals surface area contributed by atoms with Crippen LogP contribution in [0.5, 0.6) is 0 Å². The highest BCUT2D eigenvalue weighted by molar-refractivity contribution is 5.58. The number of anilines is 1. The summed E-state index contributed by atoms with van der Waals surface area (Å²) in [6, 6.07) is 13.2. The second kappa shape index (κ2) is 6.23. The zero-order chi connectivity index (χ0) is 15.5. The molecular formula is C21H23N. The van der Waals surface area contributed by atoms with Gasteiger partial charge in [0.1, 0.15) is 0 Å². The van der Waals surface area contributed by atoms with E-state index in [9.17, 15) is 0 Å². The van der Waals surface area contributed by atoms with Gasteiger partial charge in [0.2, 0.25) is 0 Å². The maximum Gasteiger partial charge on any atom is 0.0404 e. The van der Waals surface area contributed by atoms with Crippen LogP contribution in [0.15, 0.2) is 60.7 Å². The van der Waals surface area contributed by atoms with Crippen molar-refractivity contribution in [1.82, 2.24) is 0 Å². The molecule has 0 amide bonds. The molecule has 0 aromatic heterocycles. The number of nitrogens with one attached hydrogen (secondary N) is 1. The summed E-state index contributed by atoms with van der Waals surface area (Å²) < 4.78 is 0. The molecule has 0 atom stereocenters. The highest BCUT2D eigenvalue weighted by atomic mass is 14.9. The third-order valence-electron chi connectivity index (χ3n) is 4.29. The first kappa shape index (κ1) is 14.6. The molecule has 1 heteroatoms. The van der Waals surface area contributed by atoms with E-state index in [2.05, 4.69) is 86.8 Å². The van der Waals surface area contributed by atoms with E-state index >= 15 is 0 Å². The van der Waals surface area contributed by atoms with Gasteiger partial charge in [0.15, 0.2) is 0 Å². The van der Waals surface area contributed by atoms with Crippen molar-refractivity contribution in [3.05, 3.63) is 88.5 Å². The average molecular weight is 289 g/mol. The lowest BCUT2D eigenvalue weighted by atomic mass is 9.95. The summed E-state index contributed by atoms with van der Waals surface area (Å²) in [7, 11) is 0. The van der Waals surface area contributed by atoms with E-state index in [-0.39, 0.29) is 0 Å². The van der Waals surface area contributed by atoms with Crippen LogP contribution in [0.1, 0.15) is 33.7 Å². The Morgan fingerprint density at radius 1 is 0.909 bits per heavy atom. The Labute approximate surface area is 133 Å². The molecule has 22 heavy (non-hydrogen) atoms. The van der Waals surface area contributed by atoms with Crippen molar-refractivity contribution >= 4 is 5.69 Å². The first-order valence-electron chi connectivity index (χ1n) is 7.89. The normalized spacial score (nSPS) is 13.8. The highest BCUT2D eigenvalue weighted by Gasteiger charge is 2.12. The summed E-state index contributed by atoms with van der Waals surface area (Å²) in [6.07, 6.45) is 8.76. The standard InChI is InChI=1S/C21H23N/c1-15-12-16(2)21(17(3)13-15)22-14-19-10-6-7-11-20(19)18-8-4-5-9-18/h4-13,18,22H,14H2,1-3H3. The van der Waals surface area contributed by atoms with E-state index in [0.29, 0.717) is 5.92 Å². The zero-order valence-corrected chi connectivity index (χ0v) is 13.6. The molecule has 0 spiro atoms. The second-order valence-electron chi connectivity index (χ2n) is 6.12. The minimum Gasteiger partial charge on any atom is -0.381 e. The number of allylic oxidation sites excluding steroid dienone is 4. The topological polar surface area (TPSA) is 12.0 Å². The van der Waals surface area contributed by atoms with Crippen LogP contribution in [-0.2, 0) is 6.54 Å². The van der Waals surface area contributed by atoms with Gasteiger partial charge in [-0.3, -0.25) is 0 Å². The maximum absolute atomic E-state index is 3.64. The van der Waals surface area contributed by atoms with Gasteiger partial charge in [0.05, 0.1) is 0 Å². The quantitative estimate of drug-likeness (QED) is 0.791. The molecule has 2 aromatic rings. The fourth-order valence-electron chi connectivity index (χ4n) is 3.30. The summed E-state index contributed by atoms with van der Waals surface area (Å²) in [5.41, 5.74) is 7.97. The van der Waals surface area contributed by atoms with Crippen LogP contribution >= 0.6 is 0 Å². The van der Waals surface area contributed by atoms with Crippen molar-refractivity contribution in [1.29, 1.82) is 0 Å². The number of rotatable bonds is 4. The minimum atomic E-state index is 0.415.